The molecule has 1 aliphatic rings. The molecule has 2 aromatic heterocycles. The zero-order chi connectivity index (χ0) is 20.9. The van der Waals surface area contributed by atoms with Gasteiger partial charge in [-0.3, -0.25) is 14.3 Å². The van der Waals surface area contributed by atoms with Crippen molar-refractivity contribution in [1.29, 1.82) is 0 Å². The van der Waals surface area contributed by atoms with Gasteiger partial charge in [0.2, 0.25) is 5.91 Å². The van der Waals surface area contributed by atoms with Gasteiger partial charge in [0.25, 0.3) is 0 Å². The monoisotopic (exact) mass is 423 g/mol. The van der Waals surface area contributed by atoms with E-state index in [9.17, 15) is 4.79 Å². The van der Waals surface area contributed by atoms with Crippen LogP contribution in [0.2, 0.25) is 0 Å². The Morgan fingerprint density at radius 2 is 2.07 bits per heavy atom. The molecule has 1 fully saturated rings. The first-order chi connectivity index (χ1) is 14.6. The number of carbonyl (C=O) groups excluding carboxylic acids is 1. The van der Waals surface area contributed by atoms with E-state index in [0.29, 0.717) is 11.7 Å². The molecule has 0 unspecified atom stereocenters. The largest absolute Gasteiger partial charge is 0.376 e. The van der Waals surface area contributed by atoms with E-state index in [4.69, 9.17) is 4.74 Å². The number of thioether (sulfide) groups is 1. The Hall–Kier alpha value is -2.71. The van der Waals surface area contributed by atoms with Crippen molar-refractivity contribution in [3.63, 3.8) is 0 Å². The van der Waals surface area contributed by atoms with E-state index in [-0.39, 0.29) is 17.3 Å². The number of pyridine rings is 1. The number of aromatic nitrogens is 4. The number of para-hydroxylation sites is 1. The highest BCUT2D eigenvalue weighted by Gasteiger charge is 2.23. The standard InChI is InChI=1S/C22H25N5O2S/c1-15-6-3-4-8-19(15)27-20(17-9-11-23-12-10-17)25-26-22(27)30-16(2)21(28)24-14-18-7-5-13-29-18/h3-4,6,8-12,16,18H,5,7,13-14H2,1-2H3,(H,24,28)/t16-,18+/m0/s1. The van der Waals surface area contributed by atoms with Crippen LogP contribution in [0.1, 0.15) is 25.3 Å². The van der Waals surface area contributed by atoms with Gasteiger partial charge in [-0.2, -0.15) is 0 Å². The maximum atomic E-state index is 12.6. The summed E-state index contributed by atoms with van der Waals surface area (Å²) in [6.45, 7) is 5.27. The minimum absolute atomic E-state index is 0.0275. The topological polar surface area (TPSA) is 81.9 Å². The highest BCUT2D eigenvalue weighted by molar-refractivity contribution is 8.00. The normalized spacial score (nSPS) is 17.1. The van der Waals surface area contributed by atoms with E-state index in [1.54, 1.807) is 12.4 Å². The predicted octanol–water partition coefficient (Wildman–Crippen LogP) is 3.41. The molecule has 7 nitrogen and oxygen atoms in total. The van der Waals surface area contributed by atoms with Gasteiger partial charge in [-0.25, -0.2) is 0 Å². The lowest BCUT2D eigenvalue weighted by Crippen LogP contribution is -2.36. The van der Waals surface area contributed by atoms with E-state index in [1.807, 2.05) is 41.8 Å². The Bertz CT molecular complexity index is 1000. The van der Waals surface area contributed by atoms with Gasteiger partial charge in [0.1, 0.15) is 0 Å². The molecule has 0 aliphatic carbocycles. The molecule has 3 heterocycles. The number of benzene rings is 1. The summed E-state index contributed by atoms with van der Waals surface area (Å²) in [6.07, 6.45) is 5.65. The van der Waals surface area contributed by atoms with Gasteiger partial charge in [0, 0.05) is 31.1 Å². The molecular formula is C22H25N5O2S. The molecule has 1 saturated heterocycles. The van der Waals surface area contributed by atoms with Gasteiger partial charge in [-0.05, 0) is 50.5 Å². The molecule has 0 spiro atoms. The number of amides is 1. The third kappa shape index (κ3) is 4.55. The van der Waals surface area contributed by atoms with Gasteiger partial charge in [0.15, 0.2) is 11.0 Å². The third-order valence-electron chi connectivity index (χ3n) is 5.11. The van der Waals surface area contributed by atoms with Crippen LogP contribution in [0.15, 0.2) is 53.9 Å². The summed E-state index contributed by atoms with van der Waals surface area (Å²) in [5.41, 5.74) is 3.01. The molecule has 1 aliphatic heterocycles. The van der Waals surface area contributed by atoms with E-state index >= 15 is 0 Å². The molecule has 3 aromatic rings. The predicted molar refractivity (Wildman–Crippen MR) is 117 cm³/mol. The van der Waals surface area contributed by atoms with Crippen molar-refractivity contribution in [1.82, 2.24) is 25.1 Å². The van der Waals surface area contributed by atoms with Crippen molar-refractivity contribution in [2.24, 2.45) is 0 Å². The first-order valence-electron chi connectivity index (χ1n) is 10.1. The first-order valence-corrected chi connectivity index (χ1v) is 11.0. The summed E-state index contributed by atoms with van der Waals surface area (Å²) >= 11 is 1.40. The van der Waals surface area contributed by atoms with Crippen LogP contribution in [0.3, 0.4) is 0 Å². The van der Waals surface area contributed by atoms with Gasteiger partial charge in [-0.1, -0.05) is 30.0 Å². The SMILES string of the molecule is Cc1ccccc1-n1c(S[C@@H](C)C(=O)NC[C@H]2CCCO2)nnc1-c1ccncc1. The van der Waals surface area contributed by atoms with Crippen LogP contribution in [0, 0.1) is 6.92 Å². The Morgan fingerprint density at radius 3 is 2.80 bits per heavy atom. The second-order valence-electron chi connectivity index (χ2n) is 7.30. The smallest absolute Gasteiger partial charge is 0.233 e. The summed E-state index contributed by atoms with van der Waals surface area (Å²) in [4.78, 5) is 16.7. The number of nitrogens with zero attached hydrogens (tertiary/aromatic N) is 4. The van der Waals surface area contributed by atoms with Crippen LogP contribution in [0.5, 0.6) is 0 Å². The maximum Gasteiger partial charge on any atom is 0.233 e. The average Bonchev–Trinajstić information content (AvgIpc) is 3.43. The fourth-order valence-corrected chi connectivity index (χ4v) is 4.33. The molecule has 156 valence electrons. The van der Waals surface area contributed by atoms with Crippen molar-refractivity contribution in [2.75, 3.05) is 13.2 Å². The molecule has 1 N–H and O–H groups in total. The van der Waals surface area contributed by atoms with Crippen LogP contribution in [0.25, 0.3) is 17.1 Å². The molecule has 0 radical (unpaired) electrons. The fraction of sp³-hybridized carbons (Fsp3) is 0.364. The lowest BCUT2D eigenvalue weighted by molar-refractivity contribution is -0.120. The number of hydrogen-bond donors (Lipinski definition) is 1. The number of rotatable bonds is 7. The van der Waals surface area contributed by atoms with Crippen molar-refractivity contribution in [3.05, 3.63) is 54.4 Å². The number of carbonyl (C=O) groups is 1. The Morgan fingerprint density at radius 1 is 1.27 bits per heavy atom. The van der Waals surface area contributed by atoms with Crippen LogP contribution in [-0.4, -0.2) is 50.2 Å². The minimum Gasteiger partial charge on any atom is -0.376 e. The highest BCUT2D eigenvalue weighted by Crippen LogP contribution is 2.31. The lowest BCUT2D eigenvalue weighted by Gasteiger charge is -2.16. The van der Waals surface area contributed by atoms with E-state index in [2.05, 4.69) is 33.5 Å². The van der Waals surface area contributed by atoms with Crippen LogP contribution in [-0.2, 0) is 9.53 Å². The molecule has 0 saturated carbocycles. The summed E-state index contributed by atoms with van der Waals surface area (Å²) < 4.78 is 7.60. The summed E-state index contributed by atoms with van der Waals surface area (Å²) in [5, 5.41) is 12.2. The van der Waals surface area contributed by atoms with E-state index in [0.717, 1.165) is 42.1 Å². The molecule has 8 heteroatoms. The second-order valence-corrected chi connectivity index (χ2v) is 8.61. The average molecular weight is 424 g/mol. The van der Waals surface area contributed by atoms with Crippen molar-refractivity contribution in [3.8, 4) is 17.1 Å². The fourth-order valence-electron chi connectivity index (χ4n) is 3.44. The van der Waals surface area contributed by atoms with Gasteiger partial charge in [0.05, 0.1) is 17.0 Å². The molecule has 30 heavy (non-hydrogen) atoms. The van der Waals surface area contributed by atoms with Gasteiger partial charge < -0.3 is 10.1 Å². The summed E-state index contributed by atoms with van der Waals surface area (Å²) in [5.74, 6) is 0.696. The van der Waals surface area contributed by atoms with Crippen LogP contribution in [0.4, 0.5) is 0 Å². The van der Waals surface area contributed by atoms with E-state index < -0.39 is 0 Å². The summed E-state index contributed by atoms with van der Waals surface area (Å²) in [6, 6.07) is 11.9. The lowest BCUT2D eigenvalue weighted by atomic mass is 10.2. The Balaban J connectivity index is 1.59. The van der Waals surface area contributed by atoms with Crippen molar-refractivity contribution >= 4 is 17.7 Å². The van der Waals surface area contributed by atoms with E-state index in [1.165, 1.54) is 11.8 Å². The molecule has 2 atom stereocenters. The molecular weight excluding hydrogens is 398 g/mol. The second kappa shape index (κ2) is 9.40. The zero-order valence-electron chi connectivity index (χ0n) is 17.1. The summed E-state index contributed by atoms with van der Waals surface area (Å²) in [7, 11) is 0. The third-order valence-corrected chi connectivity index (χ3v) is 6.15. The Labute approximate surface area is 180 Å². The maximum absolute atomic E-state index is 12.6. The van der Waals surface area contributed by atoms with Gasteiger partial charge in [-0.15, -0.1) is 10.2 Å². The number of hydrogen-bond acceptors (Lipinski definition) is 6. The zero-order valence-corrected chi connectivity index (χ0v) is 17.9. The molecule has 1 amide bonds. The van der Waals surface area contributed by atoms with Crippen molar-refractivity contribution in [2.45, 2.75) is 43.2 Å². The first kappa shape index (κ1) is 20.6. The molecule has 1 aromatic carbocycles. The molecule has 0 bridgehead atoms. The van der Waals surface area contributed by atoms with Gasteiger partial charge >= 0.3 is 0 Å². The number of nitrogens with one attached hydrogen (secondary N) is 1. The van der Waals surface area contributed by atoms with Crippen LogP contribution >= 0.6 is 11.8 Å². The molecule has 4 rings (SSSR count). The quantitative estimate of drug-likeness (QED) is 0.587. The van der Waals surface area contributed by atoms with Crippen LogP contribution < -0.4 is 5.32 Å². The minimum atomic E-state index is -0.316. The number of aryl methyl sites for hydroxylation is 1. The highest BCUT2D eigenvalue weighted by atomic mass is 32.2. The Kier molecular flexibility index (Phi) is 6.44. The van der Waals surface area contributed by atoms with Crippen molar-refractivity contribution < 1.29 is 9.53 Å². The number of ether oxygens (including phenoxy) is 1.